The van der Waals surface area contributed by atoms with Crippen molar-refractivity contribution >= 4 is 0 Å². The Labute approximate surface area is 114 Å². The molecule has 0 bridgehead atoms. The van der Waals surface area contributed by atoms with Crippen molar-refractivity contribution < 1.29 is 0 Å². The highest BCUT2D eigenvalue weighted by molar-refractivity contribution is 4.76. The van der Waals surface area contributed by atoms with Crippen molar-refractivity contribution in [3.63, 3.8) is 0 Å². The molecule has 0 aromatic carbocycles. The highest BCUT2D eigenvalue weighted by Gasteiger charge is 2.19. The van der Waals surface area contributed by atoms with E-state index in [1.54, 1.807) is 0 Å². The highest BCUT2D eigenvalue weighted by Crippen LogP contribution is 2.27. The topological polar surface area (TPSA) is 12.0 Å². The number of hydrogen-bond donors (Lipinski definition) is 1. The average molecular weight is 251 g/mol. The van der Waals surface area contributed by atoms with Gasteiger partial charge >= 0.3 is 0 Å². The maximum absolute atomic E-state index is 3.79. The van der Waals surface area contributed by atoms with Crippen molar-refractivity contribution in [3.8, 4) is 0 Å². The van der Waals surface area contributed by atoms with E-state index < -0.39 is 0 Å². The van der Waals surface area contributed by atoms with Gasteiger partial charge in [0.25, 0.3) is 0 Å². The summed E-state index contributed by atoms with van der Waals surface area (Å²) in [5.74, 6) is 0.991. The summed E-state index contributed by atoms with van der Waals surface area (Å²) in [5, 5.41) is 3.74. The lowest BCUT2D eigenvalue weighted by Crippen LogP contribution is -2.30. The Morgan fingerprint density at radius 3 is 2.78 bits per heavy atom. The molecule has 0 amide bonds. The number of hydrogen-bond acceptors (Lipinski definition) is 1. The SMILES string of the molecule is C=CCCCCCC1CCCCC(NCCC)C1. The van der Waals surface area contributed by atoms with Crippen LogP contribution in [0, 0.1) is 5.92 Å². The van der Waals surface area contributed by atoms with Crippen molar-refractivity contribution in [1.29, 1.82) is 0 Å². The van der Waals surface area contributed by atoms with Crippen LogP contribution in [0.2, 0.25) is 0 Å². The van der Waals surface area contributed by atoms with Gasteiger partial charge in [0.2, 0.25) is 0 Å². The van der Waals surface area contributed by atoms with Gasteiger partial charge in [-0.3, -0.25) is 0 Å². The van der Waals surface area contributed by atoms with E-state index in [0.717, 1.165) is 12.0 Å². The minimum absolute atomic E-state index is 0.811. The van der Waals surface area contributed by atoms with Crippen LogP contribution < -0.4 is 5.32 Å². The van der Waals surface area contributed by atoms with E-state index in [1.807, 2.05) is 0 Å². The summed E-state index contributed by atoms with van der Waals surface area (Å²) < 4.78 is 0. The van der Waals surface area contributed by atoms with E-state index in [-0.39, 0.29) is 0 Å². The van der Waals surface area contributed by atoms with Crippen LogP contribution >= 0.6 is 0 Å². The fraction of sp³-hybridized carbons (Fsp3) is 0.882. The van der Waals surface area contributed by atoms with E-state index in [4.69, 9.17) is 0 Å². The lowest BCUT2D eigenvalue weighted by Gasteiger charge is -2.21. The first kappa shape index (κ1) is 15.8. The van der Waals surface area contributed by atoms with Gasteiger partial charge in [-0.25, -0.2) is 0 Å². The second kappa shape index (κ2) is 10.6. The first-order valence-electron chi connectivity index (χ1n) is 8.21. The third-order valence-electron chi connectivity index (χ3n) is 4.24. The minimum atomic E-state index is 0.811. The van der Waals surface area contributed by atoms with Crippen molar-refractivity contribution in [1.82, 2.24) is 5.32 Å². The van der Waals surface area contributed by atoms with Gasteiger partial charge in [-0.2, -0.15) is 0 Å². The smallest absolute Gasteiger partial charge is 0.00696 e. The Morgan fingerprint density at radius 2 is 2.00 bits per heavy atom. The molecule has 1 nitrogen and oxygen atoms in total. The number of allylic oxidation sites excluding steroid dienone is 1. The zero-order chi connectivity index (χ0) is 13.1. The Hall–Kier alpha value is -0.300. The third-order valence-corrected chi connectivity index (χ3v) is 4.24. The molecule has 1 heteroatoms. The molecule has 0 radical (unpaired) electrons. The summed E-state index contributed by atoms with van der Waals surface area (Å²) in [4.78, 5) is 0. The summed E-state index contributed by atoms with van der Waals surface area (Å²) >= 11 is 0. The van der Waals surface area contributed by atoms with Crippen LogP contribution in [0.3, 0.4) is 0 Å². The van der Waals surface area contributed by atoms with E-state index in [1.165, 1.54) is 77.2 Å². The van der Waals surface area contributed by atoms with Crippen LogP contribution in [-0.4, -0.2) is 12.6 Å². The number of rotatable bonds is 9. The summed E-state index contributed by atoms with van der Waals surface area (Å²) in [6, 6.07) is 0.811. The van der Waals surface area contributed by atoms with Gasteiger partial charge in [0.15, 0.2) is 0 Å². The van der Waals surface area contributed by atoms with Crippen LogP contribution in [0.4, 0.5) is 0 Å². The van der Waals surface area contributed by atoms with Crippen molar-refractivity contribution in [2.24, 2.45) is 5.92 Å². The van der Waals surface area contributed by atoms with Gasteiger partial charge in [0, 0.05) is 6.04 Å². The molecule has 0 heterocycles. The predicted octanol–water partition coefficient (Wildman–Crippen LogP) is 5.07. The Kier molecular flexibility index (Phi) is 9.28. The summed E-state index contributed by atoms with van der Waals surface area (Å²) in [6.45, 7) is 7.26. The number of unbranched alkanes of at least 4 members (excludes halogenated alkanes) is 3. The Balaban J connectivity index is 2.15. The normalized spacial score (nSPS) is 24.7. The van der Waals surface area contributed by atoms with Crippen LogP contribution in [0.15, 0.2) is 12.7 Å². The summed E-state index contributed by atoms with van der Waals surface area (Å²) in [6.07, 6.45) is 17.4. The lowest BCUT2D eigenvalue weighted by atomic mass is 9.92. The molecule has 0 aliphatic heterocycles. The number of nitrogens with one attached hydrogen (secondary N) is 1. The summed E-state index contributed by atoms with van der Waals surface area (Å²) in [7, 11) is 0. The molecule has 0 spiro atoms. The van der Waals surface area contributed by atoms with Gasteiger partial charge in [-0.05, 0) is 44.6 Å². The van der Waals surface area contributed by atoms with Crippen LogP contribution in [-0.2, 0) is 0 Å². The molecule has 18 heavy (non-hydrogen) atoms. The second-order valence-electron chi connectivity index (χ2n) is 5.96. The maximum Gasteiger partial charge on any atom is 0.00696 e. The molecule has 0 aromatic rings. The van der Waals surface area contributed by atoms with E-state index in [2.05, 4.69) is 24.9 Å². The second-order valence-corrected chi connectivity index (χ2v) is 5.96. The molecule has 0 aromatic heterocycles. The van der Waals surface area contributed by atoms with Crippen LogP contribution in [0.1, 0.15) is 77.6 Å². The molecule has 1 N–H and O–H groups in total. The minimum Gasteiger partial charge on any atom is -0.314 e. The fourth-order valence-corrected chi connectivity index (χ4v) is 3.16. The molecule has 2 unspecified atom stereocenters. The zero-order valence-electron chi connectivity index (χ0n) is 12.4. The predicted molar refractivity (Wildman–Crippen MR) is 81.9 cm³/mol. The Morgan fingerprint density at radius 1 is 1.17 bits per heavy atom. The van der Waals surface area contributed by atoms with Gasteiger partial charge in [-0.15, -0.1) is 6.58 Å². The van der Waals surface area contributed by atoms with E-state index in [9.17, 15) is 0 Å². The molecule has 1 aliphatic rings. The monoisotopic (exact) mass is 251 g/mol. The van der Waals surface area contributed by atoms with E-state index >= 15 is 0 Å². The highest BCUT2D eigenvalue weighted by atomic mass is 14.9. The summed E-state index contributed by atoms with van der Waals surface area (Å²) in [5.41, 5.74) is 0. The molecule has 1 rings (SSSR count). The maximum atomic E-state index is 3.79. The molecule has 1 aliphatic carbocycles. The lowest BCUT2D eigenvalue weighted by molar-refractivity contribution is 0.358. The fourth-order valence-electron chi connectivity index (χ4n) is 3.16. The standard InChI is InChI=1S/C17H33N/c1-3-5-6-7-8-11-16-12-9-10-13-17(15-16)18-14-4-2/h3,16-18H,1,4-15H2,2H3. The third kappa shape index (κ3) is 7.20. The van der Waals surface area contributed by atoms with Crippen molar-refractivity contribution in [2.75, 3.05) is 6.54 Å². The molecular formula is C17H33N. The largest absolute Gasteiger partial charge is 0.314 e. The Bertz CT molecular complexity index is 200. The quantitative estimate of drug-likeness (QED) is 0.343. The van der Waals surface area contributed by atoms with Crippen molar-refractivity contribution in [2.45, 2.75) is 83.6 Å². The van der Waals surface area contributed by atoms with E-state index in [0.29, 0.717) is 0 Å². The zero-order valence-corrected chi connectivity index (χ0v) is 12.4. The van der Waals surface area contributed by atoms with Crippen LogP contribution in [0.5, 0.6) is 0 Å². The molecule has 0 saturated heterocycles. The average Bonchev–Trinajstić information content (AvgIpc) is 2.61. The molecule has 106 valence electrons. The van der Waals surface area contributed by atoms with Gasteiger partial charge < -0.3 is 5.32 Å². The molecule has 1 saturated carbocycles. The molecular weight excluding hydrogens is 218 g/mol. The first-order valence-corrected chi connectivity index (χ1v) is 8.21. The van der Waals surface area contributed by atoms with Gasteiger partial charge in [-0.1, -0.05) is 51.5 Å². The molecule has 1 fully saturated rings. The van der Waals surface area contributed by atoms with Gasteiger partial charge in [0.05, 0.1) is 0 Å². The van der Waals surface area contributed by atoms with Crippen molar-refractivity contribution in [3.05, 3.63) is 12.7 Å². The first-order chi connectivity index (χ1) is 8.86. The molecule has 2 atom stereocenters. The van der Waals surface area contributed by atoms with Gasteiger partial charge in [0.1, 0.15) is 0 Å². The van der Waals surface area contributed by atoms with Crippen LogP contribution in [0.25, 0.3) is 0 Å².